The van der Waals surface area contributed by atoms with Crippen molar-refractivity contribution in [3.63, 3.8) is 0 Å². The lowest BCUT2D eigenvalue weighted by molar-refractivity contribution is 1.10. The Kier molecular flexibility index (Phi) is 1.50. The van der Waals surface area contributed by atoms with E-state index in [1.54, 1.807) is 12.5 Å². The standard InChI is InChI=1S/C12H7N5/c1-2-4-10-9(3-1)16-12-8-5-13-6-14-11(8)15-7-17(10)12/h1-7H. The molecule has 0 N–H and O–H groups in total. The van der Waals surface area contributed by atoms with Gasteiger partial charge < -0.3 is 0 Å². The minimum atomic E-state index is 0.669. The molecule has 0 bridgehead atoms. The fourth-order valence-corrected chi connectivity index (χ4v) is 2.05. The molecule has 0 radical (unpaired) electrons. The molecule has 0 unspecified atom stereocenters. The summed E-state index contributed by atoms with van der Waals surface area (Å²) in [6, 6.07) is 7.97. The molecular formula is C12H7N5. The second kappa shape index (κ2) is 2.98. The van der Waals surface area contributed by atoms with E-state index in [1.807, 2.05) is 28.7 Å². The Labute approximate surface area is 95.8 Å². The molecule has 1 aromatic carbocycles. The van der Waals surface area contributed by atoms with Crippen LogP contribution < -0.4 is 0 Å². The molecule has 0 aliphatic carbocycles. The molecule has 0 saturated heterocycles. The summed E-state index contributed by atoms with van der Waals surface area (Å²) in [5, 5.41) is 0.867. The molecule has 0 fully saturated rings. The minimum absolute atomic E-state index is 0.669. The molecule has 0 aliphatic rings. The van der Waals surface area contributed by atoms with Gasteiger partial charge in [-0.25, -0.2) is 19.9 Å². The summed E-state index contributed by atoms with van der Waals surface area (Å²) in [5.41, 5.74) is 3.51. The Balaban J connectivity index is 2.34. The van der Waals surface area contributed by atoms with Crippen molar-refractivity contribution in [3.05, 3.63) is 43.1 Å². The Morgan fingerprint density at radius 2 is 2.00 bits per heavy atom. The SMILES string of the molecule is c1ccc2c(c1)nc1c3cncnc3ncn21. The normalized spacial score (nSPS) is 11.5. The first-order valence-corrected chi connectivity index (χ1v) is 5.25. The molecule has 5 nitrogen and oxygen atoms in total. The van der Waals surface area contributed by atoms with Gasteiger partial charge >= 0.3 is 0 Å². The summed E-state index contributed by atoms with van der Waals surface area (Å²) in [6.07, 6.45) is 4.99. The molecule has 0 amide bonds. The van der Waals surface area contributed by atoms with Crippen LogP contribution >= 0.6 is 0 Å². The number of benzene rings is 1. The van der Waals surface area contributed by atoms with E-state index < -0.39 is 0 Å². The summed E-state index contributed by atoms with van der Waals surface area (Å²) in [4.78, 5) is 17.0. The van der Waals surface area contributed by atoms with Crippen LogP contribution in [0.4, 0.5) is 0 Å². The van der Waals surface area contributed by atoms with Gasteiger partial charge in [0.1, 0.15) is 12.7 Å². The Morgan fingerprint density at radius 3 is 3.00 bits per heavy atom. The summed E-state index contributed by atoms with van der Waals surface area (Å²) < 4.78 is 1.96. The molecule has 0 atom stereocenters. The molecule has 0 spiro atoms. The third-order valence-corrected chi connectivity index (χ3v) is 2.82. The van der Waals surface area contributed by atoms with Crippen LogP contribution in [0.15, 0.2) is 43.1 Å². The molecule has 5 heteroatoms. The highest BCUT2D eigenvalue weighted by atomic mass is 15.1. The quantitative estimate of drug-likeness (QED) is 0.454. The highest BCUT2D eigenvalue weighted by molar-refractivity contribution is 5.93. The largest absolute Gasteiger partial charge is 0.282 e. The highest BCUT2D eigenvalue weighted by Crippen LogP contribution is 2.20. The number of hydrogen-bond acceptors (Lipinski definition) is 4. The van der Waals surface area contributed by atoms with Crippen LogP contribution in [0.2, 0.25) is 0 Å². The van der Waals surface area contributed by atoms with Crippen LogP contribution in [0.5, 0.6) is 0 Å². The third-order valence-electron chi connectivity index (χ3n) is 2.82. The van der Waals surface area contributed by atoms with Crippen molar-refractivity contribution >= 4 is 27.7 Å². The molecule has 0 saturated carbocycles. The molecular weight excluding hydrogens is 214 g/mol. The average molecular weight is 221 g/mol. The number of fused-ring (bicyclic) bond motifs is 5. The number of rotatable bonds is 0. The van der Waals surface area contributed by atoms with Crippen LogP contribution in [0.3, 0.4) is 0 Å². The maximum absolute atomic E-state index is 4.59. The van der Waals surface area contributed by atoms with Gasteiger partial charge in [-0.2, -0.15) is 0 Å². The van der Waals surface area contributed by atoms with E-state index in [-0.39, 0.29) is 0 Å². The maximum Gasteiger partial charge on any atom is 0.167 e. The van der Waals surface area contributed by atoms with Crippen LogP contribution in [-0.2, 0) is 0 Å². The Morgan fingerprint density at radius 1 is 1.06 bits per heavy atom. The fourth-order valence-electron chi connectivity index (χ4n) is 2.05. The van der Waals surface area contributed by atoms with Crippen molar-refractivity contribution in [2.24, 2.45) is 0 Å². The second-order valence-electron chi connectivity index (χ2n) is 3.80. The first-order chi connectivity index (χ1) is 8.43. The monoisotopic (exact) mass is 221 g/mol. The van der Waals surface area contributed by atoms with Crippen molar-refractivity contribution in [2.75, 3.05) is 0 Å². The van der Waals surface area contributed by atoms with Crippen molar-refractivity contribution in [1.29, 1.82) is 0 Å². The number of hydrogen-bond donors (Lipinski definition) is 0. The van der Waals surface area contributed by atoms with Crippen molar-refractivity contribution in [3.8, 4) is 0 Å². The summed E-state index contributed by atoms with van der Waals surface area (Å²) >= 11 is 0. The maximum atomic E-state index is 4.59. The zero-order valence-electron chi connectivity index (χ0n) is 8.78. The molecule has 3 aromatic heterocycles. The lowest BCUT2D eigenvalue weighted by Crippen LogP contribution is -1.92. The lowest BCUT2D eigenvalue weighted by atomic mass is 10.3. The predicted molar refractivity (Wildman–Crippen MR) is 63.6 cm³/mol. The van der Waals surface area contributed by atoms with Crippen molar-refractivity contribution in [2.45, 2.75) is 0 Å². The van der Waals surface area contributed by atoms with E-state index in [0.29, 0.717) is 5.65 Å². The van der Waals surface area contributed by atoms with Crippen molar-refractivity contribution < 1.29 is 0 Å². The molecule has 17 heavy (non-hydrogen) atoms. The molecule has 0 aliphatic heterocycles. The van der Waals surface area contributed by atoms with E-state index in [2.05, 4.69) is 19.9 Å². The number of aromatic nitrogens is 5. The molecule has 4 rings (SSSR count). The Hall–Kier alpha value is -2.56. The summed E-state index contributed by atoms with van der Waals surface area (Å²) in [7, 11) is 0. The number of nitrogens with zero attached hydrogens (tertiary/aromatic N) is 5. The van der Waals surface area contributed by atoms with E-state index in [1.165, 1.54) is 6.33 Å². The Bertz CT molecular complexity index is 849. The number of para-hydroxylation sites is 2. The van der Waals surface area contributed by atoms with Crippen LogP contribution in [-0.4, -0.2) is 24.3 Å². The first-order valence-electron chi connectivity index (χ1n) is 5.25. The van der Waals surface area contributed by atoms with Crippen LogP contribution in [0, 0.1) is 0 Å². The van der Waals surface area contributed by atoms with Crippen LogP contribution in [0.25, 0.3) is 27.7 Å². The first kappa shape index (κ1) is 8.58. The van der Waals surface area contributed by atoms with Crippen LogP contribution in [0.1, 0.15) is 0 Å². The van der Waals surface area contributed by atoms with Gasteiger partial charge in [0.15, 0.2) is 11.3 Å². The molecule has 4 aromatic rings. The second-order valence-corrected chi connectivity index (χ2v) is 3.80. The van der Waals surface area contributed by atoms with Gasteiger partial charge in [-0.15, -0.1) is 0 Å². The lowest BCUT2D eigenvalue weighted by Gasteiger charge is -1.97. The van der Waals surface area contributed by atoms with Gasteiger partial charge in [0, 0.05) is 6.20 Å². The van der Waals surface area contributed by atoms with Crippen molar-refractivity contribution in [1.82, 2.24) is 24.3 Å². The van der Waals surface area contributed by atoms with Gasteiger partial charge in [-0.1, -0.05) is 12.1 Å². The topological polar surface area (TPSA) is 56.0 Å². The van der Waals surface area contributed by atoms with Gasteiger partial charge in [-0.05, 0) is 12.1 Å². The van der Waals surface area contributed by atoms with Gasteiger partial charge in [0.2, 0.25) is 0 Å². The average Bonchev–Trinajstić information content (AvgIpc) is 2.78. The molecule has 80 valence electrons. The smallest absolute Gasteiger partial charge is 0.167 e. The predicted octanol–water partition coefficient (Wildman–Crippen LogP) is 1.83. The molecule has 3 heterocycles. The third kappa shape index (κ3) is 1.08. The van der Waals surface area contributed by atoms with E-state index in [4.69, 9.17) is 0 Å². The fraction of sp³-hybridized carbons (Fsp3) is 0. The summed E-state index contributed by atoms with van der Waals surface area (Å²) in [6.45, 7) is 0. The summed E-state index contributed by atoms with van der Waals surface area (Å²) in [5.74, 6) is 0. The van der Waals surface area contributed by atoms with Gasteiger partial charge in [0.25, 0.3) is 0 Å². The van der Waals surface area contributed by atoms with Gasteiger partial charge in [0.05, 0.1) is 16.4 Å². The number of imidazole rings is 1. The van der Waals surface area contributed by atoms with Gasteiger partial charge in [-0.3, -0.25) is 4.40 Å². The highest BCUT2D eigenvalue weighted by Gasteiger charge is 2.08. The zero-order valence-corrected chi connectivity index (χ0v) is 8.78. The van der Waals surface area contributed by atoms with E-state index >= 15 is 0 Å². The van der Waals surface area contributed by atoms with E-state index in [0.717, 1.165) is 22.1 Å². The van der Waals surface area contributed by atoms with E-state index in [9.17, 15) is 0 Å². The zero-order chi connectivity index (χ0) is 11.2. The minimum Gasteiger partial charge on any atom is -0.282 e.